The average Bonchev–Trinajstić information content (AvgIpc) is 2.90. The molecule has 0 bridgehead atoms. The second-order valence-electron chi connectivity index (χ2n) is 5.64. The van der Waals surface area contributed by atoms with E-state index >= 15 is 0 Å². The summed E-state index contributed by atoms with van der Waals surface area (Å²) in [5, 5.41) is 6.82. The first-order chi connectivity index (χ1) is 10.7. The molecular formula is C17H19N3O2. The molecule has 0 unspecified atom stereocenters. The molecule has 5 heteroatoms. The lowest BCUT2D eigenvalue weighted by molar-refractivity contribution is 0.0378. The predicted molar refractivity (Wildman–Crippen MR) is 84.3 cm³/mol. The predicted octanol–water partition coefficient (Wildman–Crippen LogP) is 3.39. The van der Waals surface area contributed by atoms with Crippen molar-refractivity contribution in [2.24, 2.45) is 0 Å². The van der Waals surface area contributed by atoms with Crippen molar-refractivity contribution in [1.29, 1.82) is 0 Å². The number of pyridine rings is 1. The van der Waals surface area contributed by atoms with Crippen molar-refractivity contribution in [1.82, 2.24) is 15.2 Å². The van der Waals surface area contributed by atoms with Gasteiger partial charge in [0.15, 0.2) is 0 Å². The monoisotopic (exact) mass is 297 g/mol. The minimum atomic E-state index is -0.348. The number of esters is 1. The van der Waals surface area contributed by atoms with Gasteiger partial charge in [-0.1, -0.05) is 12.2 Å². The first kappa shape index (κ1) is 14.5. The molecule has 114 valence electrons. The molecule has 2 aromatic rings. The quantitative estimate of drug-likeness (QED) is 0.882. The van der Waals surface area contributed by atoms with Crippen LogP contribution in [0.4, 0.5) is 0 Å². The molecule has 3 rings (SSSR count). The highest BCUT2D eigenvalue weighted by Gasteiger charge is 2.22. The molecule has 0 atom stereocenters. The minimum absolute atomic E-state index is 0.168. The summed E-state index contributed by atoms with van der Waals surface area (Å²) >= 11 is 0. The van der Waals surface area contributed by atoms with E-state index in [9.17, 15) is 4.79 Å². The molecule has 0 saturated heterocycles. The Kier molecular flexibility index (Phi) is 4.04. The van der Waals surface area contributed by atoms with Crippen LogP contribution < -0.4 is 0 Å². The van der Waals surface area contributed by atoms with Gasteiger partial charge in [0.1, 0.15) is 0 Å². The Morgan fingerprint density at radius 3 is 2.95 bits per heavy atom. The third-order valence-electron chi connectivity index (χ3n) is 3.62. The minimum Gasteiger partial charge on any atom is -0.459 e. The number of hydrogen-bond donors (Lipinski definition) is 1. The SMILES string of the molecule is CC(C)OC(=O)c1cnc2c(c1-c1cn[nH]c1)C=CCCC2. The molecule has 0 amide bonds. The van der Waals surface area contributed by atoms with Crippen LogP contribution in [0.15, 0.2) is 24.7 Å². The number of H-pyrrole nitrogens is 1. The third-order valence-corrected chi connectivity index (χ3v) is 3.62. The maximum Gasteiger partial charge on any atom is 0.340 e. The lowest BCUT2D eigenvalue weighted by Gasteiger charge is -2.15. The van der Waals surface area contributed by atoms with Crippen LogP contribution in [0.3, 0.4) is 0 Å². The lowest BCUT2D eigenvalue weighted by Crippen LogP contribution is -2.14. The molecule has 2 heterocycles. The van der Waals surface area contributed by atoms with E-state index < -0.39 is 0 Å². The largest absolute Gasteiger partial charge is 0.459 e. The summed E-state index contributed by atoms with van der Waals surface area (Å²) in [5.41, 5.74) is 4.23. The van der Waals surface area contributed by atoms with Crippen molar-refractivity contribution < 1.29 is 9.53 Å². The Morgan fingerprint density at radius 2 is 2.23 bits per heavy atom. The van der Waals surface area contributed by atoms with Crippen LogP contribution in [0.25, 0.3) is 17.2 Å². The number of nitrogens with one attached hydrogen (secondary N) is 1. The van der Waals surface area contributed by atoms with Crippen LogP contribution in [-0.4, -0.2) is 27.3 Å². The third kappa shape index (κ3) is 2.79. The second kappa shape index (κ2) is 6.13. The van der Waals surface area contributed by atoms with E-state index in [0.29, 0.717) is 5.56 Å². The lowest BCUT2D eigenvalue weighted by atomic mass is 9.95. The van der Waals surface area contributed by atoms with E-state index in [2.05, 4.69) is 27.3 Å². The van der Waals surface area contributed by atoms with E-state index in [1.807, 2.05) is 13.8 Å². The van der Waals surface area contributed by atoms with E-state index in [1.165, 1.54) is 0 Å². The number of aromatic nitrogens is 3. The number of nitrogens with zero attached hydrogens (tertiary/aromatic N) is 2. The van der Waals surface area contributed by atoms with Crippen molar-refractivity contribution in [3.8, 4) is 11.1 Å². The number of aryl methyl sites for hydroxylation is 1. The highest BCUT2D eigenvalue weighted by molar-refractivity contribution is 5.99. The molecule has 0 saturated carbocycles. The van der Waals surface area contributed by atoms with Crippen LogP contribution in [0.1, 0.15) is 48.3 Å². The summed E-state index contributed by atoms with van der Waals surface area (Å²) in [6.45, 7) is 3.68. The summed E-state index contributed by atoms with van der Waals surface area (Å²) in [5.74, 6) is -0.348. The number of allylic oxidation sites excluding steroid dienone is 1. The topological polar surface area (TPSA) is 67.9 Å². The van der Waals surface area contributed by atoms with Crippen molar-refractivity contribution >= 4 is 12.0 Å². The fourth-order valence-electron chi connectivity index (χ4n) is 2.66. The zero-order valence-electron chi connectivity index (χ0n) is 12.8. The molecule has 22 heavy (non-hydrogen) atoms. The molecule has 5 nitrogen and oxygen atoms in total. The molecule has 1 N–H and O–H groups in total. The molecule has 2 aromatic heterocycles. The normalized spacial score (nSPS) is 13.8. The van der Waals surface area contributed by atoms with Gasteiger partial charge < -0.3 is 4.74 Å². The maximum atomic E-state index is 12.4. The number of ether oxygens (including phenoxy) is 1. The van der Waals surface area contributed by atoms with Gasteiger partial charge in [-0.15, -0.1) is 0 Å². The Labute approximate surface area is 129 Å². The van der Waals surface area contributed by atoms with Crippen molar-refractivity contribution in [3.05, 3.63) is 41.5 Å². The van der Waals surface area contributed by atoms with Gasteiger partial charge in [0, 0.05) is 34.8 Å². The molecule has 0 fully saturated rings. The fraction of sp³-hybridized carbons (Fsp3) is 0.353. The standard InChI is InChI=1S/C17H19N3O2/c1-11(2)22-17(21)14-10-18-15-7-5-3-4-6-13(15)16(14)12-8-19-20-9-12/h4,6,8-11H,3,5,7H2,1-2H3,(H,19,20). The zero-order chi connectivity index (χ0) is 15.5. The molecule has 0 aromatic carbocycles. The van der Waals surface area contributed by atoms with Gasteiger partial charge in [-0.3, -0.25) is 10.1 Å². The Hall–Kier alpha value is -2.43. The maximum absolute atomic E-state index is 12.4. The van der Waals surface area contributed by atoms with Gasteiger partial charge in [-0.2, -0.15) is 5.10 Å². The first-order valence-electron chi connectivity index (χ1n) is 7.55. The number of fused-ring (bicyclic) bond motifs is 1. The number of carbonyl (C=O) groups excluding carboxylic acids is 1. The van der Waals surface area contributed by atoms with Crippen molar-refractivity contribution in [3.63, 3.8) is 0 Å². The van der Waals surface area contributed by atoms with Gasteiger partial charge in [0.25, 0.3) is 0 Å². The highest BCUT2D eigenvalue weighted by atomic mass is 16.5. The van der Waals surface area contributed by atoms with E-state index in [-0.39, 0.29) is 12.1 Å². The number of rotatable bonds is 3. The van der Waals surface area contributed by atoms with E-state index in [4.69, 9.17) is 4.74 Å². The van der Waals surface area contributed by atoms with Crippen LogP contribution in [0, 0.1) is 0 Å². The number of hydrogen-bond acceptors (Lipinski definition) is 4. The van der Waals surface area contributed by atoms with Gasteiger partial charge in [0.2, 0.25) is 0 Å². The summed E-state index contributed by atoms with van der Waals surface area (Å²) in [4.78, 5) is 16.9. The van der Waals surface area contributed by atoms with Crippen molar-refractivity contribution in [2.45, 2.75) is 39.2 Å². The smallest absolute Gasteiger partial charge is 0.340 e. The van der Waals surface area contributed by atoms with Crippen LogP contribution in [0.5, 0.6) is 0 Å². The average molecular weight is 297 g/mol. The van der Waals surface area contributed by atoms with Gasteiger partial charge in [0.05, 0.1) is 17.9 Å². The second-order valence-corrected chi connectivity index (χ2v) is 5.64. The molecule has 0 aliphatic heterocycles. The summed E-state index contributed by atoms with van der Waals surface area (Å²) in [7, 11) is 0. The summed E-state index contributed by atoms with van der Waals surface area (Å²) in [6.07, 6.45) is 12.2. The van der Waals surface area contributed by atoms with Gasteiger partial charge in [-0.25, -0.2) is 4.79 Å². The van der Waals surface area contributed by atoms with Crippen LogP contribution >= 0.6 is 0 Å². The summed E-state index contributed by atoms with van der Waals surface area (Å²) in [6, 6.07) is 0. The number of aromatic amines is 1. The van der Waals surface area contributed by atoms with E-state index in [1.54, 1.807) is 18.6 Å². The Bertz CT molecular complexity index is 703. The fourth-order valence-corrected chi connectivity index (χ4v) is 2.66. The molecular weight excluding hydrogens is 278 g/mol. The first-order valence-corrected chi connectivity index (χ1v) is 7.55. The Balaban J connectivity index is 2.18. The highest BCUT2D eigenvalue weighted by Crippen LogP contribution is 2.32. The van der Waals surface area contributed by atoms with Gasteiger partial charge >= 0.3 is 5.97 Å². The summed E-state index contributed by atoms with van der Waals surface area (Å²) < 4.78 is 5.36. The molecule has 0 spiro atoms. The molecule has 0 radical (unpaired) electrons. The van der Waals surface area contributed by atoms with Crippen LogP contribution in [-0.2, 0) is 11.2 Å². The van der Waals surface area contributed by atoms with Crippen LogP contribution in [0.2, 0.25) is 0 Å². The van der Waals surface area contributed by atoms with Gasteiger partial charge in [-0.05, 0) is 33.1 Å². The van der Waals surface area contributed by atoms with Crippen molar-refractivity contribution in [2.75, 3.05) is 0 Å². The zero-order valence-corrected chi connectivity index (χ0v) is 12.8. The Morgan fingerprint density at radius 1 is 1.36 bits per heavy atom. The number of carbonyl (C=O) groups is 1. The molecule has 1 aliphatic rings. The van der Waals surface area contributed by atoms with E-state index in [0.717, 1.165) is 41.6 Å². The molecule has 1 aliphatic carbocycles.